The first-order valence-corrected chi connectivity index (χ1v) is 7.00. The Morgan fingerprint density at radius 3 is 2.80 bits per heavy atom. The molecule has 2 rings (SSSR count). The van der Waals surface area contributed by atoms with E-state index in [1.54, 1.807) is 24.1 Å². The van der Waals surface area contributed by atoms with Crippen LogP contribution in [0.15, 0.2) is 24.4 Å². The second-order valence-electron chi connectivity index (χ2n) is 4.73. The molecule has 1 aromatic carbocycles. The number of benzene rings is 1. The van der Waals surface area contributed by atoms with E-state index in [9.17, 15) is 5.11 Å². The Labute approximate surface area is 123 Å². The fourth-order valence-electron chi connectivity index (χ4n) is 2.20. The van der Waals surface area contributed by atoms with E-state index in [2.05, 4.69) is 12.0 Å². The minimum absolute atomic E-state index is 0.596. The summed E-state index contributed by atoms with van der Waals surface area (Å²) in [5.74, 6) is 0.596. The second-order valence-corrected chi connectivity index (χ2v) is 5.14. The number of aryl methyl sites for hydroxylation is 2. The molecule has 5 heteroatoms. The lowest BCUT2D eigenvalue weighted by atomic mass is 10.0. The molecule has 108 valence electrons. The van der Waals surface area contributed by atoms with Crippen molar-refractivity contribution in [2.75, 3.05) is 7.11 Å². The van der Waals surface area contributed by atoms with Crippen molar-refractivity contribution in [2.24, 2.45) is 0 Å². The van der Waals surface area contributed by atoms with Crippen molar-refractivity contribution in [3.05, 3.63) is 46.2 Å². The molecule has 0 aliphatic rings. The number of hydrogen-bond donors (Lipinski definition) is 1. The zero-order chi connectivity index (χ0) is 14.7. The number of aliphatic hydroxyl groups is 1. The molecule has 1 aromatic heterocycles. The molecule has 0 aliphatic heterocycles. The van der Waals surface area contributed by atoms with Gasteiger partial charge in [-0.2, -0.15) is 5.10 Å². The summed E-state index contributed by atoms with van der Waals surface area (Å²) >= 11 is 6.03. The van der Waals surface area contributed by atoms with Crippen molar-refractivity contribution in [3.8, 4) is 5.75 Å². The van der Waals surface area contributed by atoms with E-state index in [0.717, 1.165) is 24.1 Å². The lowest BCUT2D eigenvalue weighted by Crippen LogP contribution is -2.11. The smallest absolute Gasteiger partial charge is 0.163 e. The van der Waals surface area contributed by atoms with Gasteiger partial charge in [0.1, 0.15) is 11.8 Å². The number of hydrogen-bond acceptors (Lipinski definition) is 3. The van der Waals surface area contributed by atoms with Crippen LogP contribution in [-0.2, 0) is 6.54 Å². The van der Waals surface area contributed by atoms with Gasteiger partial charge in [0.25, 0.3) is 0 Å². The van der Waals surface area contributed by atoms with Crippen LogP contribution < -0.4 is 4.74 Å². The minimum atomic E-state index is -0.782. The fraction of sp³-hybridized carbons (Fsp3) is 0.400. The Morgan fingerprint density at radius 2 is 2.20 bits per heavy atom. The lowest BCUT2D eigenvalue weighted by molar-refractivity contribution is 0.202. The van der Waals surface area contributed by atoms with Crippen molar-refractivity contribution in [2.45, 2.75) is 32.9 Å². The summed E-state index contributed by atoms with van der Waals surface area (Å²) in [6, 6.07) is 5.50. The van der Waals surface area contributed by atoms with Crippen molar-refractivity contribution in [1.29, 1.82) is 0 Å². The highest BCUT2D eigenvalue weighted by Crippen LogP contribution is 2.31. The van der Waals surface area contributed by atoms with Crippen molar-refractivity contribution in [1.82, 2.24) is 9.78 Å². The third kappa shape index (κ3) is 2.81. The zero-order valence-electron chi connectivity index (χ0n) is 11.9. The Balaban J connectivity index is 2.43. The van der Waals surface area contributed by atoms with Gasteiger partial charge < -0.3 is 9.84 Å². The van der Waals surface area contributed by atoms with Gasteiger partial charge in [-0.1, -0.05) is 30.7 Å². The second kappa shape index (κ2) is 6.29. The maximum absolute atomic E-state index is 10.6. The largest absolute Gasteiger partial charge is 0.493 e. The molecule has 0 amide bonds. The topological polar surface area (TPSA) is 47.3 Å². The van der Waals surface area contributed by atoms with E-state index in [4.69, 9.17) is 16.3 Å². The van der Waals surface area contributed by atoms with Crippen molar-refractivity contribution >= 4 is 11.6 Å². The van der Waals surface area contributed by atoms with Crippen LogP contribution in [0.1, 0.15) is 36.3 Å². The summed E-state index contributed by atoms with van der Waals surface area (Å²) < 4.78 is 7.08. The molecule has 0 saturated carbocycles. The molecule has 1 unspecified atom stereocenters. The number of ether oxygens (including phenoxy) is 1. The van der Waals surface area contributed by atoms with Gasteiger partial charge in [-0.15, -0.1) is 0 Å². The summed E-state index contributed by atoms with van der Waals surface area (Å²) in [4.78, 5) is 0. The van der Waals surface area contributed by atoms with E-state index in [-0.39, 0.29) is 0 Å². The van der Waals surface area contributed by atoms with Crippen LogP contribution >= 0.6 is 11.6 Å². The number of methoxy groups -OCH3 is 1. The Hall–Kier alpha value is -1.52. The predicted molar refractivity (Wildman–Crippen MR) is 79.3 cm³/mol. The Morgan fingerprint density at radius 1 is 1.45 bits per heavy atom. The molecule has 1 atom stereocenters. The normalized spacial score (nSPS) is 12.4. The summed E-state index contributed by atoms with van der Waals surface area (Å²) in [6.45, 7) is 4.72. The van der Waals surface area contributed by atoms with Gasteiger partial charge in [-0.3, -0.25) is 4.68 Å². The average molecular weight is 295 g/mol. The van der Waals surface area contributed by atoms with E-state index in [1.165, 1.54) is 0 Å². The molecular formula is C15H19ClN2O2. The molecule has 1 N–H and O–H groups in total. The van der Waals surface area contributed by atoms with Crippen LogP contribution in [0.3, 0.4) is 0 Å². The SMILES string of the molecule is CCCn1ncc(OC)c1C(O)c1ccc(Cl)c(C)c1. The molecule has 0 saturated heterocycles. The highest BCUT2D eigenvalue weighted by Gasteiger charge is 2.21. The summed E-state index contributed by atoms with van der Waals surface area (Å²) in [7, 11) is 1.58. The van der Waals surface area contributed by atoms with Gasteiger partial charge in [-0.05, 0) is 30.5 Å². The molecule has 0 bridgehead atoms. The van der Waals surface area contributed by atoms with Gasteiger partial charge in [0.2, 0.25) is 0 Å². The lowest BCUT2D eigenvalue weighted by Gasteiger charge is -2.16. The average Bonchev–Trinajstić information content (AvgIpc) is 2.84. The van der Waals surface area contributed by atoms with Gasteiger partial charge in [0, 0.05) is 11.6 Å². The molecule has 1 heterocycles. The third-order valence-electron chi connectivity index (χ3n) is 3.26. The van der Waals surface area contributed by atoms with Crippen LogP contribution in [0.2, 0.25) is 5.02 Å². The minimum Gasteiger partial charge on any atom is -0.493 e. The van der Waals surface area contributed by atoms with Crippen LogP contribution in [0.25, 0.3) is 0 Å². The highest BCUT2D eigenvalue weighted by molar-refractivity contribution is 6.31. The number of nitrogens with zero attached hydrogens (tertiary/aromatic N) is 2. The molecule has 0 spiro atoms. The molecule has 2 aromatic rings. The maximum Gasteiger partial charge on any atom is 0.163 e. The van der Waals surface area contributed by atoms with E-state index >= 15 is 0 Å². The monoisotopic (exact) mass is 294 g/mol. The highest BCUT2D eigenvalue weighted by atomic mass is 35.5. The summed E-state index contributed by atoms with van der Waals surface area (Å²) in [5.41, 5.74) is 2.39. The van der Waals surface area contributed by atoms with Crippen molar-refractivity contribution < 1.29 is 9.84 Å². The van der Waals surface area contributed by atoms with Crippen LogP contribution in [-0.4, -0.2) is 22.0 Å². The number of aliphatic hydroxyl groups excluding tert-OH is 1. The molecule has 20 heavy (non-hydrogen) atoms. The van der Waals surface area contributed by atoms with Gasteiger partial charge >= 0.3 is 0 Å². The molecular weight excluding hydrogens is 276 g/mol. The van der Waals surface area contributed by atoms with Gasteiger partial charge in [0.15, 0.2) is 5.75 Å². The van der Waals surface area contributed by atoms with E-state index < -0.39 is 6.10 Å². The van der Waals surface area contributed by atoms with E-state index in [1.807, 2.05) is 19.1 Å². The van der Waals surface area contributed by atoms with Crippen LogP contribution in [0, 0.1) is 6.92 Å². The molecule has 0 radical (unpaired) electrons. The standard InChI is InChI=1S/C15H19ClN2O2/c1-4-7-18-14(13(20-3)9-17-18)15(19)11-5-6-12(16)10(2)8-11/h5-6,8-9,15,19H,4,7H2,1-3H3. The third-order valence-corrected chi connectivity index (χ3v) is 3.68. The summed E-state index contributed by atoms with van der Waals surface area (Å²) in [6.07, 6.45) is 1.79. The predicted octanol–water partition coefficient (Wildman–Crippen LogP) is 3.35. The zero-order valence-corrected chi connectivity index (χ0v) is 12.7. The van der Waals surface area contributed by atoms with Gasteiger partial charge in [0.05, 0.1) is 13.3 Å². The van der Waals surface area contributed by atoms with Crippen molar-refractivity contribution in [3.63, 3.8) is 0 Å². The van der Waals surface area contributed by atoms with Gasteiger partial charge in [-0.25, -0.2) is 0 Å². The maximum atomic E-state index is 10.6. The van der Waals surface area contributed by atoms with Crippen LogP contribution in [0.4, 0.5) is 0 Å². The van der Waals surface area contributed by atoms with E-state index in [0.29, 0.717) is 16.5 Å². The first-order valence-electron chi connectivity index (χ1n) is 6.62. The number of halogens is 1. The molecule has 4 nitrogen and oxygen atoms in total. The summed E-state index contributed by atoms with van der Waals surface area (Å²) in [5, 5.41) is 15.6. The number of rotatable bonds is 5. The fourth-order valence-corrected chi connectivity index (χ4v) is 2.31. The number of aromatic nitrogens is 2. The molecule has 0 aliphatic carbocycles. The van der Waals surface area contributed by atoms with Crippen LogP contribution in [0.5, 0.6) is 5.75 Å². The molecule has 0 fully saturated rings. The Kier molecular flexibility index (Phi) is 4.68. The quantitative estimate of drug-likeness (QED) is 0.920. The Bertz CT molecular complexity index is 596. The first-order chi connectivity index (χ1) is 9.58. The first kappa shape index (κ1) is 14.9.